The Balaban J connectivity index is 2.18. The highest BCUT2D eigenvalue weighted by Crippen LogP contribution is 2.22. The first kappa shape index (κ1) is 6.94. The molecule has 0 bridgehead atoms. The quantitative estimate of drug-likeness (QED) is 0.512. The Labute approximate surface area is 64.9 Å². The van der Waals surface area contributed by atoms with Crippen LogP contribution >= 0.6 is 0 Å². The number of hydrogen-bond donors (Lipinski definition) is 0. The van der Waals surface area contributed by atoms with E-state index in [0.29, 0.717) is 13.2 Å². The molecule has 0 aromatic rings. The van der Waals surface area contributed by atoms with Crippen LogP contribution in [0.4, 0.5) is 0 Å². The smallest absolute Gasteiger partial charge is 0.312 e. The van der Waals surface area contributed by atoms with Gasteiger partial charge in [0.05, 0.1) is 13.2 Å². The second kappa shape index (κ2) is 2.71. The van der Waals surface area contributed by atoms with Crippen molar-refractivity contribution in [2.24, 2.45) is 9.98 Å². The van der Waals surface area contributed by atoms with E-state index in [2.05, 4.69) is 9.98 Å². The minimum absolute atomic E-state index is 0.640. The summed E-state index contributed by atoms with van der Waals surface area (Å²) in [6.07, 6.45) is 5.29. The van der Waals surface area contributed by atoms with Crippen molar-refractivity contribution in [3.63, 3.8) is 0 Å². The van der Waals surface area contributed by atoms with Crippen LogP contribution in [0.2, 0.25) is 0 Å². The van der Waals surface area contributed by atoms with E-state index in [1.165, 1.54) is 0 Å². The molecule has 0 saturated carbocycles. The van der Waals surface area contributed by atoms with E-state index < -0.39 is 6.03 Å². The summed E-state index contributed by atoms with van der Waals surface area (Å²) in [5.74, 6) is 0. The van der Waals surface area contributed by atoms with Crippen molar-refractivity contribution in [3.8, 4) is 0 Å². The molecule has 2 rings (SSSR count). The van der Waals surface area contributed by atoms with Crippen LogP contribution < -0.4 is 0 Å². The predicted octanol–water partition coefficient (Wildman–Crippen LogP) is 0.580. The minimum Gasteiger partial charge on any atom is -0.312 e. The van der Waals surface area contributed by atoms with Crippen molar-refractivity contribution in [1.29, 1.82) is 0 Å². The summed E-state index contributed by atoms with van der Waals surface area (Å²) in [5.41, 5.74) is 0. The molecule has 0 amide bonds. The highest BCUT2D eigenvalue weighted by molar-refractivity contribution is 5.61. The van der Waals surface area contributed by atoms with Crippen LogP contribution in [0, 0.1) is 0 Å². The van der Waals surface area contributed by atoms with E-state index >= 15 is 0 Å². The van der Waals surface area contributed by atoms with E-state index in [9.17, 15) is 0 Å². The highest BCUT2D eigenvalue weighted by atomic mass is 16.7. The van der Waals surface area contributed by atoms with Gasteiger partial charge in [-0.3, -0.25) is 0 Å². The Kier molecular flexibility index (Phi) is 1.71. The fraction of sp³-hybridized carbons (Fsp3) is 0.714. The van der Waals surface area contributed by atoms with Gasteiger partial charge in [0.25, 0.3) is 0 Å². The molecule has 2 aliphatic rings. The molecule has 11 heavy (non-hydrogen) atoms. The molecule has 4 heteroatoms. The molecular formula is C7H10N2O2. The number of rotatable bonds is 0. The lowest BCUT2D eigenvalue weighted by Gasteiger charge is -2.29. The first-order valence-electron chi connectivity index (χ1n) is 3.77. The first-order valence-corrected chi connectivity index (χ1v) is 3.77. The summed E-state index contributed by atoms with van der Waals surface area (Å²) in [7, 11) is 0. The Bertz CT molecular complexity index is 179. The van der Waals surface area contributed by atoms with E-state index in [4.69, 9.17) is 9.47 Å². The van der Waals surface area contributed by atoms with Gasteiger partial charge in [-0.05, 0) is 0 Å². The molecule has 2 aliphatic heterocycles. The van der Waals surface area contributed by atoms with Gasteiger partial charge in [-0.1, -0.05) is 0 Å². The molecule has 0 N–H and O–H groups in total. The number of nitrogens with zero attached hydrogens (tertiary/aromatic N) is 2. The van der Waals surface area contributed by atoms with Crippen LogP contribution in [0.25, 0.3) is 0 Å². The van der Waals surface area contributed by atoms with Gasteiger partial charge in [0.2, 0.25) is 0 Å². The lowest BCUT2D eigenvalue weighted by molar-refractivity contribution is -0.231. The molecule has 0 aliphatic carbocycles. The summed E-state index contributed by atoms with van der Waals surface area (Å²) in [6.45, 7) is 1.28. The summed E-state index contributed by atoms with van der Waals surface area (Å²) in [6, 6.07) is -1.00. The fourth-order valence-corrected chi connectivity index (χ4v) is 1.07. The SMILES string of the molecule is C1=NC2(N=CCCO2)OCC1. The third kappa shape index (κ3) is 1.32. The van der Waals surface area contributed by atoms with Crippen LogP contribution in [0.1, 0.15) is 12.8 Å². The average Bonchev–Trinajstić information content (AvgIpc) is 2.07. The molecule has 60 valence electrons. The van der Waals surface area contributed by atoms with Gasteiger partial charge in [-0.25, -0.2) is 9.98 Å². The lowest BCUT2D eigenvalue weighted by atomic mass is 10.4. The maximum atomic E-state index is 5.29. The van der Waals surface area contributed by atoms with Crippen molar-refractivity contribution in [2.75, 3.05) is 13.2 Å². The van der Waals surface area contributed by atoms with Crippen molar-refractivity contribution in [1.82, 2.24) is 0 Å². The van der Waals surface area contributed by atoms with E-state index in [1.54, 1.807) is 12.4 Å². The molecule has 0 atom stereocenters. The molecule has 0 radical (unpaired) electrons. The van der Waals surface area contributed by atoms with Gasteiger partial charge in [0.15, 0.2) is 0 Å². The fourth-order valence-electron chi connectivity index (χ4n) is 1.07. The van der Waals surface area contributed by atoms with Crippen molar-refractivity contribution in [3.05, 3.63) is 0 Å². The summed E-state index contributed by atoms with van der Waals surface area (Å²) in [5, 5.41) is 0. The number of hydrogen-bond acceptors (Lipinski definition) is 4. The molecule has 1 spiro atoms. The van der Waals surface area contributed by atoms with Crippen LogP contribution in [-0.4, -0.2) is 31.7 Å². The lowest BCUT2D eigenvalue weighted by Crippen LogP contribution is -2.37. The third-order valence-corrected chi connectivity index (χ3v) is 1.58. The summed E-state index contributed by atoms with van der Waals surface area (Å²) in [4.78, 5) is 8.11. The second-order valence-electron chi connectivity index (χ2n) is 2.45. The second-order valence-corrected chi connectivity index (χ2v) is 2.45. The molecule has 4 nitrogen and oxygen atoms in total. The zero-order valence-electron chi connectivity index (χ0n) is 6.19. The molecule has 0 unspecified atom stereocenters. The maximum Gasteiger partial charge on any atom is 0.378 e. The molecule has 0 saturated heterocycles. The van der Waals surface area contributed by atoms with Crippen molar-refractivity contribution in [2.45, 2.75) is 18.9 Å². The molecule has 0 aromatic carbocycles. The van der Waals surface area contributed by atoms with Gasteiger partial charge in [-0.2, -0.15) is 0 Å². The van der Waals surface area contributed by atoms with Crippen molar-refractivity contribution >= 4 is 12.4 Å². The van der Waals surface area contributed by atoms with E-state index in [-0.39, 0.29) is 0 Å². The van der Waals surface area contributed by atoms with E-state index in [0.717, 1.165) is 12.8 Å². The van der Waals surface area contributed by atoms with E-state index in [1.807, 2.05) is 0 Å². The van der Waals surface area contributed by atoms with Crippen LogP contribution in [0.5, 0.6) is 0 Å². The molecule has 0 fully saturated rings. The standard InChI is InChI=1S/C7H10N2O2/c1-3-8-7(10-5-1)9-4-2-6-11-7/h3-4H,1-2,5-6H2. The molecular weight excluding hydrogens is 144 g/mol. The molecule has 0 aromatic heterocycles. The zero-order valence-corrected chi connectivity index (χ0v) is 6.19. The number of ether oxygens (including phenoxy) is 2. The monoisotopic (exact) mass is 154 g/mol. The summed E-state index contributed by atoms with van der Waals surface area (Å²) < 4.78 is 10.6. The third-order valence-electron chi connectivity index (χ3n) is 1.58. The maximum absolute atomic E-state index is 5.29. The van der Waals surface area contributed by atoms with Gasteiger partial charge < -0.3 is 9.47 Å². The Morgan fingerprint density at radius 2 is 1.55 bits per heavy atom. The largest absolute Gasteiger partial charge is 0.378 e. The Morgan fingerprint density at radius 3 is 1.91 bits per heavy atom. The van der Waals surface area contributed by atoms with Crippen LogP contribution in [0.15, 0.2) is 9.98 Å². The van der Waals surface area contributed by atoms with Gasteiger partial charge >= 0.3 is 6.03 Å². The van der Waals surface area contributed by atoms with Gasteiger partial charge in [0.1, 0.15) is 0 Å². The molecule has 2 heterocycles. The normalized spacial score (nSPS) is 27.6. The van der Waals surface area contributed by atoms with Crippen LogP contribution in [0.3, 0.4) is 0 Å². The number of aliphatic imine (C=N–C) groups is 2. The first-order chi connectivity index (χ1) is 5.41. The zero-order chi connectivity index (χ0) is 7.57. The minimum atomic E-state index is -1.00. The van der Waals surface area contributed by atoms with Gasteiger partial charge in [0, 0.05) is 25.3 Å². The summed E-state index contributed by atoms with van der Waals surface area (Å²) >= 11 is 0. The van der Waals surface area contributed by atoms with Crippen LogP contribution in [-0.2, 0) is 9.47 Å². The highest BCUT2D eigenvalue weighted by Gasteiger charge is 2.33. The van der Waals surface area contributed by atoms with Gasteiger partial charge in [-0.15, -0.1) is 0 Å². The topological polar surface area (TPSA) is 43.2 Å². The van der Waals surface area contributed by atoms with Crippen molar-refractivity contribution < 1.29 is 9.47 Å². The average molecular weight is 154 g/mol. The Hall–Kier alpha value is -0.740. The predicted molar refractivity (Wildman–Crippen MR) is 40.9 cm³/mol. The Morgan fingerprint density at radius 1 is 1.00 bits per heavy atom.